The minimum absolute atomic E-state index is 0.242. The highest BCUT2D eigenvalue weighted by atomic mass is 79.9. The molecule has 21 heavy (non-hydrogen) atoms. The van der Waals surface area contributed by atoms with Crippen LogP contribution >= 0.6 is 39.1 Å². The first-order valence-electron chi connectivity index (χ1n) is 6.28. The third-order valence-corrected chi connectivity index (χ3v) is 5.07. The largest absolute Gasteiger partial charge is 0.323 e. The molecule has 3 rings (SSSR count). The SMILES string of the molecule is Cc1cccc(C(Cl)c2cc3[nH]c(=O)[nH]c3cc2Br)c1Cl. The summed E-state index contributed by atoms with van der Waals surface area (Å²) >= 11 is 16.5. The fourth-order valence-electron chi connectivity index (χ4n) is 2.30. The zero-order chi connectivity index (χ0) is 15.1. The molecule has 0 amide bonds. The van der Waals surface area contributed by atoms with Crippen molar-refractivity contribution in [2.24, 2.45) is 0 Å². The molecule has 0 saturated carbocycles. The first kappa shape index (κ1) is 14.7. The third kappa shape index (κ3) is 2.63. The normalized spacial score (nSPS) is 12.8. The summed E-state index contributed by atoms with van der Waals surface area (Å²) in [7, 11) is 0. The molecule has 3 aromatic rings. The lowest BCUT2D eigenvalue weighted by Gasteiger charge is -2.15. The van der Waals surface area contributed by atoms with Gasteiger partial charge in [0.05, 0.1) is 16.4 Å². The van der Waals surface area contributed by atoms with Crippen molar-refractivity contribution < 1.29 is 0 Å². The van der Waals surface area contributed by atoms with Crippen molar-refractivity contribution in [3.05, 3.63) is 67.0 Å². The van der Waals surface area contributed by atoms with Gasteiger partial charge in [0.1, 0.15) is 0 Å². The van der Waals surface area contributed by atoms with E-state index in [1.54, 1.807) is 0 Å². The van der Waals surface area contributed by atoms with E-state index in [1.165, 1.54) is 0 Å². The van der Waals surface area contributed by atoms with Crippen molar-refractivity contribution in [3.8, 4) is 0 Å². The Labute approximate surface area is 139 Å². The summed E-state index contributed by atoms with van der Waals surface area (Å²) in [5, 5.41) is 0.252. The summed E-state index contributed by atoms with van der Waals surface area (Å²) in [5.41, 5.74) is 3.88. The molecule has 0 radical (unpaired) electrons. The van der Waals surface area contributed by atoms with E-state index in [4.69, 9.17) is 23.2 Å². The van der Waals surface area contributed by atoms with Crippen LogP contribution in [0.4, 0.5) is 0 Å². The average Bonchev–Trinajstić information content (AvgIpc) is 2.79. The number of fused-ring (bicyclic) bond motifs is 1. The highest BCUT2D eigenvalue weighted by Gasteiger charge is 2.19. The van der Waals surface area contributed by atoms with Crippen LogP contribution in [0.3, 0.4) is 0 Å². The van der Waals surface area contributed by atoms with E-state index in [1.807, 2.05) is 37.3 Å². The maximum atomic E-state index is 11.4. The van der Waals surface area contributed by atoms with E-state index in [2.05, 4.69) is 25.9 Å². The van der Waals surface area contributed by atoms with Crippen molar-refractivity contribution in [3.63, 3.8) is 0 Å². The molecule has 0 aliphatic carbocycles. The van der Waals surface area contributed by atoms with Gasteiger partial charge in [-0.15, -0.1) is 11.6 Å². The van der Waals surface area contributed by atoms with Crippen LogP contribution in [0.2, 0.25) is 5.02 Å². The minimum atomic E-state index is -0.408. The maximum absolute atomic E-state index is 11.4. The molecular weight excluding hydrogens is 375 g/mol. The predicted octanol–water partition coefficient (Wildman–Crippen LogP) is 4.91. The first-order chi connectivity index (χ1) is 9.97. The van der Waals surface area contributed by atoms with E-state index in [9.17, 15) is 4.79 Å². The number of aryl methyl sites for hydroxylation is 1. The monoisotopic (exact) mass is 384 g/mol. The van der Waals surface area contributed by atoms with Crippen molar-refractivity contribution in [1.82, 2.24) is 9.97 Å². The molecule has 0 spiro atoms. The molecule has 0 aliphatic heterocycles. The van der Waals surface area contributed by atoms with Gasteiger partial charge in [0.15, 0.2) is 0 Å². The summed E-state index contributed by atoms with van der Waals surface area (Å²) in [6, 6.07) is 9.46. The summed E-state index contributed by atoms with van der Waals surface area (Å²) in [5.74, 6) is 0. The van der Waals surface area contributed by atoms with Crippen LogP contribution in [0, 0.1) is 6.92 Å². The molecule has 0 bridgehead atoms. The lowest BCUT2D eigenvalue weighted by Crippen LogP contribution is -1.99. The molecule has 1 atom stereocenters. The van der Waals surface area contributed by atoms with Crippen LogP contribution in [0.25, 0.3) is 11.0 Å². The van der Waals surface area contributed by atoms with E-state index < -0.39 is 5.38 Å². The van der Waals surface area contributed by atoms with Crippen LogP contribution in [0.15, 0.2) is 39.6 Å². The second kappa shape index (κ2) is 5.52. The van der Waals surface area contributed by atoms with Crippen LogP contribution < -0.4 is 5.69 Å². The number of rotatable bonds is 2. The molecule has 108 valence electrons. The molecule has 1 unspecified atom stereocenters. The van der Waals surface area contributed by atoms with Gasteiger partial charge in [-0.3, -0.25) is 0 Å². The minimum Gasteiger partial charge on any atom is -0.306 e. The van der Waals surface area contributed by atoms with Crippen molar-refractivity contribution in [2.75, 3.05) is 0 Å². The van der Waals surface area contributed by atoms with E-state index in [-0.39, 0.29) is 5.69 Å². The smallest absolute Gasteiger partial charge is 0.306 e. The Balaban J connectivity index is 2.16. The molecular formula is C15H11BrCl2N2O. The van der Waals surface area contributed by atoms with Gasteiger partial charge in [0, 0.05) is 9.50 Å². The average molecular weight is 386 g/mol. The van der Waals surface area contributed by atoms with E-state index >= 15 is 0 Å². The molecule has 1 heterocycles. The third-order valence-electron chi connectivity index (χ3n) is 3.40. The van der Waals surface area contributed by atoms with Crippen LogP contribution in [0.5, 0.6) is 0 Å². The number of imidazole rings is 1. The summed E-state index contributed by atoms with van der Waals surface area (Å²) < 4.78 is 0.822. The number of hydrogen-bond acceptors (Lipinski definition) is 1. The highest BCUT2D eigenvalue weighted by Crippen LogP contribution is 2.39. The molecule has 6 heteroatoms. The Kier molecular flexibility index (Phi) is 3.86. The molecule has 2 aromatic carbocycles. The lowest BCUT2D eigenvalue weighted by atomic mass is 10.0. The van der Waals surface area contributed by atoms with Crippen molar-refractivity contribution in [1.29, 1.82) is 0 Å². The fraction of sp³-hybridized carbons (Fsp3) is 0.133. The van der Waals surface area contributed by atoms with Crippen LogP contribution in [0.1, 0.15) is 22.1 Å². The van der Waals surface area contributed by atoms with Gasteiger partial charge in [-0.25, -0.2) is 4.79 Å². The standard InChI is InChI=1S/C15H11BrCl2N2O/c1-7-3-2-4-8(13(7)17)14(18)9-5-11-12(6-10(9)16)20-15(21)19-11/h2-6,14H,1H3,(H2,19,20,21). The van der Waals surface area contributed by atoms with Crippen LogP contribution in [-0.4, -0.2) is 9.97 Å². The maximum Gasteiger partial charge on any atom is 0.323 e. The van der Waals surface area contributed by atoms with Gasteiger partial charge in [-0.1, -0.05) is 45.7 Å². The molecule has 0 saturated heterocycles. The number of halogens is 3. The summed E-state index contributed by atoms with van der Waals surface area (Å²) in [6.45, 7) is 1.94. The lowest BCUT2D eigenvalue weighted by molar-refractivity contribution is 1.12. The quantitative estimate of drug-likeness (QED) is 0.605. The van der Waals surface area contributed by atoms with Gasteiger partial charge in [-0.05, 0) is 35.7 Å². The summed E-state index contributed by atoms with van der Waals surface area (Å²) in [6.07, 6.45) is 0. The molecule has 0 fully saturated rings. The predicted molar refractivity (Wildman–Crippen MR) is 90.5 cm³/mol. The number of alkyl halides is 1. The Morgan fingerprint density at radius 3 is 2.52 bits per heavy atom. The Bertz CT molecular complexity index is 885. The Hall–Kier alpha value is -1.23. The number of benzene rings is 2. The van der Waals surface area contributed by atoms with E-state index in [0.29, 0.717) is 10.5 Å². The van der Waals surface area contributed by atoms with Gasteiger partial charge in [0.2, 0.25) is 0 Å². The zero-order valence-electron chi connectivity index (χ0n) is 11.0. The molecule has 2 N–H and O–H groups in total. The zero-order valence-corrected chi connectivity index (χ0v) is 14.1. The fourth-order valence-corrected chi connectivity index (χ4v) is 3.66. The molecule has 0 aliphatic rings. The number of aromatic amines is 2. The molecule has 1 aromatic heterocycles. The molecule has 3 nitrogen and oxygen atoms in total. The van der Waals surface area contributed by atoms with E-state index in [0.717, 1.165) is 26.7 Å². The summed E-state index contributed by atoms with van der Waals surface area (Å²) in [4.78, 5) is 16.8. The van der Waals surface area contributed by atoms with Crippen LogP contribution in [-0.2, 0) is 0 Å². The highest BCUT2D eigenvalue weighted by molar-refractivity contribution is 9.10. The number of H-pyrrole nitrogens is 2. The Morgan fingerprint density at radius 1 is 1.14 bits per heavy atom. The number of aromatic nitrogens is 2. The number of hydrogen-bond donors (Lipinski definition) is 2. The first-order valence-corrected chi connectivity index (χ1v) is 7.88. The Morgan fingerprint density at radius 2 is 1.81 bits per heavy atom. The van der Waals surface area contributed by atoms with Gasteiger partial charge in [-0.2, -0.15) is 0 Å². The second-order valence-corrected chi connectivity index (χ2v) is 6.51. The van der Waals surface area contributed by atoms with Crippen molar-refractivity contribution >= 4 is 50.2 Å². The second-order valence-electron chi connectivity index (χ2n) is 4.84. The van der Waals surface area contributed by atoms with Gasteiger partial charge < -0.3 is 9.97 Å². The van der Waals surface area contributed by atoms with Gasteiger partial charge >= 0.3 is 5.69 Å². The topological polar surface area (TPSA) is 48.6 Å². The number of nitrogens with one attached hydrogen (secondary N) is 2. The van der Waals surface area contributed by atoms with Crippen molar-refractivity contribution in [2.45, 2.75) is 12.3 Å². The van der Waals surface area contributed by atoms with Gasteiger partial charge in [0.25, 0.3) is 0 Å².